The Morgan fingerprint density at radius 3 is 2.77 bits per heavy atom. The standard InChI is InChI=1S/C27H23N3O4S/c1-16-22(21-9-10-25(31)30-26(21)32)12-19-8-7-17(11-23(19)28-16)14-34-27(33)29-20-13-24(35-15-20)18-5-3-2-4-6-18/h2-8,11-13,15,21H,9-10,14H2,1H3,(H,29,33)(H,30,31,32). The van der Waals surface area contributed by atoms with E-state index in [1.807, 2.05) is 73.0 Å². The zero-order chi connectivity index (χ0) is 24.4. The van der Waals surface area contributed by atoms with E-state index in [4.69, 9.17) is 4.74 Å². The lowest BCUT2D eigenvalue weighted by atomic mass is 9.89. The number of aryl methyl sites for hydroxylation is 1. The first-order chi connectivity index (χ1) is 17.0. The SMILES string of the molecule is Cc1nc2cc(COC(=O)Nc3csc(-c4ccccc4)c3)ccc2cc1C1CCC(=O)NC1=O. The van der Waals surface area contributed by atoms with E-state index in [9.17, 15) is 14.4 Å². The third-order valence-corrected chi connectivity index (χ3v) is 6.98. The molecule has 1 unspecified atom stereocenters. The molecule has 3 heterocycles. The monoisotopic (exact) mass is 485 g/mol. The predicted octanol–water partition coefficient (Wildman–Crippen LogP) is 5.54. The van der Waals surface area contributed by atoms with Crippen LogP contribution in [0.2, 0.25) is 0 Å². The quantitative estimate of drug-likeness (QED) is 0.362. The fraction of sp³-hybridized carbons (Fsp3) is 0.185. The van der Waals surface area contributed by atoms with Crippen LogP contribution in [0.15, 0.2) is 66.0 Å². The van der Waals surface area contributed by atoms with Gasteiger partial charge in [0.2, 0.25) is 11.8 Å². The first-order valence-corrected chi connectivity index (χ1v) is 12.2. The number of imide groups is 1. The summed E-state index contributed by atoms with van der Waals surface area (Å²) in [6, 6.07) is 19.5. The van der Waals surface area contributed by atoms with E-state index in [0.29, 0.717) is 18.5 Å². The Balaban J connectivity index is 1.24. The smallest absolute Gasteiger partial charge is 0.411 e. The van der Waals surface area contributed by atoms with Gasteiger partial charge in [-0.2, -0.15) is 0 Å². The lowest BCUT2D eigenvalue weighted by molar-refractivity contribution is -0.134. The number of piperidine rings is 1. The zero-order valence-electron chi connectivity index (χ0n) is 19.0. The van der Waals surface area contributed by atoms with Crippen molar-refractivity contribution in [1.82, 2.24) is 10.3 Å². The third-order valence-electron chi connectivity index (χ3n) is 6.00. The molecule has 1 saturated heterocycles. The van der Waals surface area contributed by atoms with Gasteiger partial charge >= 0.3 is 6.09 Å². The lowest BCUT2D eigenvalue weighted by Gasteiger charge is -2.22. The molecule has 1 fully saturated rings. The summed E-state index contributed by atoms with van der Waals surface area (Å²) < 4.78 is 5.41. The zero-order valence-corrected chi connectivity index (χ0v) is 19.9. The fourth-order valence-corrected chi connectivity index (χ4v) is 5.06. The number of rotatable bonds is 5. The van der Waals surface area contributed by atoms with Gasteiger partial charge in [-0.25, -0.2) is 4.79 Å². The molecule has 0 aliphatic carbocycles. The highest BCUT2D eigenvalue weighted by atomic mass is 32.1. The molecular weight excluding hydrogens is 462 g/mol. The Bertz CT molecular complexity index is 1430. The Labute approximate surface area is 206 Å². The molecule has 7 nitrogen and oxygen atoms in total. The number of thiophene rings is 1. The van der Waals surface area contributed by atoms with Crippen LogP contribution in [0.3, 0.4) is 0 Å². The summed E-state index contributed by atoms with van der Waals surface area (Å²) in [4.78, 5) is 41.8. The molecule has 0 bridgehead atoms. The van der Waals surface area contributed by atoms with Gasteiger partial charge in [0.15, 0.2) is 0 Å². The van der Waals surface area contributed by atoms with Crippen molar-refractivity contribution in [3.8, 4) is 10.4 Å². The van der Waals surface area contributed by atoms with E-state index in [-0.39, 0.29) is 24.3 Å². The number of fused-ring (bicyclic) bond motifs is 1. The second-order valence-electron chi connectivity index (χ2n) is 8.46. The number of hydrogen-bond acceptors (Lipinski definition) is 6. The lowest BCUT2D eigenvalue weighted by Crippen LogP contribution is -2.39. The van der Waals surface area contributed by atoms with Crippen molar-refractivity contribution in [2.75, 3.05) is 5.32 Å². The second-order valence-corrected chi connectivity index (χ2v) is 9.37. The fourth-order valence-electron chi connectivity index (χ4n) is 4.22. The molecule has 4 aromatic rings. The highest BCUT2D eigenvalue weighted by Crippen LogP contribution is 2.31. The average molecular weight is 486 g/mol. The number of nitrogens with zero attached hydrogens (tertiary/aromatic N) is 1. The van der Waals surface area contributed by atoms with Gasteiger partial charge < -0.3 is 4.74 Å². The van der Waals surface area contributed by atoms with Crippen molar-refractivity contribution in [2.45, 2.75) is 32.3 Å². The normalized spacial score (nSPS) is 15.6. The maximum absolute atomic E-state index is 12.3. The molecule has 3 amide bonds. The van der Waals surface area contributed by atoms with Crippen LogP contribution in [-0.2, 0) is 20.9 Å². The van der Waals surface area contributed by atoms with Crippen LogP contribution in [0.25, 0.3) is 21.3 Å². The minimum absolute atomic E-state index is 0.104. The summed E-state index contributed by atoms with van der Waals surface area (Å²) in [6.07, 6.45) is 0.280. The number of hydrogen-bond donors (Lipinski definition) is 2. The van der Waals surface area contributed by atoms with Gasteiger partial charge in [-0.1, -0.05) is 42.5 Å². The number of anilines is 1. The number of nitrogens with one attached hydrogen (secondary N) is 2. The summed E-state index contributed by atoms with van der Waals surface area (Å²) in [7, 11) is 0. The van der Waals surface area contributed by atoms with Crippen molar-refractivity contribution >= 4 is 45.8 Å². The number of carbonyl (C=O) groups is 3. The average Bonchev–Trinajstić information content (AvgIpc) is 3.31. The van der Waals surface area contributed by atoms with E-state index < -0.39 is 6.09 Å². The summed E-state index contributed by atoms with van der Waals surface area (Å²) in [6.45, 7) is 1.97. The van der Waals surface area contributed by atoms with Crippen LogP contribution in [0.4, 0.5) is 10.5 Å². The van der Waals surface area contributed by atoms with Crippen LogP contribution in [0, 0.1) is 6.92 Å². The molecule has 0 saturated carbocycles. The number of ether oxygens (including phenoxy) is 1. The van der Waals surface area contributed by atoms with Gasteiger partial charge in [0, 0.05) is 27.8 Å². The molecule has 2 aromatic heterocycles. The molecule has 1 atom stereocenters. The topological polar surface area (TPSA) is 97.4 Å². The van der Waals surface area contributed by atoms with Gasteiger partial charge in [0.25, 0.3) is 0 Å². The molecule has 2 aromatic carbocycles. The van der Waals surface area contributed by atoms with Crippen molar-refractivity contribution in [3.63, 3.8) is 0 Å². The number of amides is 3. The van der Waals surface area contributed by atoms with E-state index in [1.165, 1.54) is 0 Å². The van der Waals surface area contributed by atoms with Crippen molar-refractivity contribution in [2.24, 2.45) is 0 Å². The minimum Gasteiger partial charge on any atom is -0.444 e. The number of carbonyl (C=O) groups excluding carboxylic acids is 3. The van der Waals surface area contributed by atoms with Gasteiger partial charge in [-0.15, -0.1) is 11.3 Å². The van der Waals surface area contributed by atoms with Crippen LogP contribution in [0.1, 0.15) is 35.6 Å². The minimum atomic E-state index is -0.528. The summed E-state index contributed by atoms with van der Waals surface area (Å²) in [5.41, 5.74) is 4.93. The molecule has 176 valence electrons. The van der Waals surface area contributed by atoms with Gasteiger partial charge in [-0.05, 0) is 48.2 Å². The highest BCUT2D eigenvalue weighted by Gasteiger charge is 2.29. The summed E-state index contributed by atoms with van der Waals surface area (Å²) in [5, 5.41) is 7.94. The van der Waals surface area contributed by atoms with Gasteiger partial charge in [0.05, 0.1) is 17.1 Å². The molecule has 0 radical (unpaired) electrons. The predicted molar refractivity (Wildman–Crippen MR) is 135 cm³/mol. The van der Waals surface area contributed by atoms with Crippen LogP contribution >= 0.6 is 11.3 Å². The molecule has 8 heteroatoms. The largest absolute Gasteiger partial charge is 0.444 e. The number of aromatic nitrogens is 1. The Morgan fingerprint density at radius 1 is 1.14 bits per heavy atom. The second kappa shape index (κ2) is 9.68. The van der Waals surface area contributed by atoms with E-state index in [0.717, 1.165) is 38.2 Å². The van der Waals surface area contributed by atoms with Crippen molar-refractivity contribution in [1.29, 1.82) is 0 Å². The van der Waals surface area contributed by atoms with E-state index >= 15 is 0 Å². The van der Waals surface area contributed by atoms with Gasteiger partial charge in [-0.3, -0.25) is 25.2 Å². The van der Waals surface area contributed by atoms with E-state index in [2.05, 4.69) is 15.6 Å². The summed E-state index contributed by atoms with van der Waals surface area (Å²) >= 11 is 1.55. The number of pyridine rings is 1. The molecule has 0 spiro atoms. The van der Waals surface area contributed by atoms with Gasteiger partial charge in [0.1, 0.15) is 6.61 Å². The molecule has 5 rings (SSSR count). The third kappa shape index (κ3) is 5.07. The van der Waals surface area contributed by atoms with Crippen LogP contribution in [0.5, 0.6) is 0 Å². The Kier molecular flexibility index (Phi) is 6.29. The Morgan fingerprint density at radius 2 is 1.97 bits per heavy atom. The molecule has 1 aliphatic rings. The van der Waals surface area contributed by atoms with Crippen LogP contribution in [-0.4, -0.2) is 22.9 Å². The maximum atomic E-state index is 12.3. The molecule has 2 N–H and O–H groups in total. The maximum Gasteiger partial charge on any atom is 0.411 e. The van der Waals surface area contributed by atoms with Crippen molar-refractivity contribution < 1.29 is 19.1 Å². The highest BCUT2D eigenvalue weighted by molar-refractivity contribution is 7.14. The van der Waals surface area contributed by atoms with Crippen LogP contribution < -0.4 is 10.6 Å². The number of benzene rings is 2. The first kappa shape index (κ1) is 22.7. The van der Waals surface area contributed by atoms with E-state index in [1.54, 1.807) is 11.3 Å². The molecular formula is C27H23N3O4S. The van der Waals surface area contributed by atoms with Crippen molar-refractivity contribution in [3.05, 3.63) is 82.9 Å². The first-order valence-electron chi connectivity index (χ1n) is 11.3. The Hall–Kier alpha value is -4.04. The molecule has 35 heavy (non-hydrogen) atoms. The molecule has 1 aliphatic heterocycles. The summed E-state index contributed by atoms with van der Waals surface area (Å²) in [5.74, 6) is -0.888.